The first-order valence-corrected chi connectivity index (χ1v) is 7.25. The van der Waals surface area contributed by atoms with Gasteiger partial charge >= 0.3 is 0 Å². The van der Waals surface area contributed by atoms with Gasteiger partial charge in [-0.1, -0.05) is 13.8 Å². The maximum absolute atomic E-state index is 11.9. The lowest BCUT2D eigenvalue weighted by Crippen LogP contribution is -2.25. The molecular weight excluding hydrogens is 238 g/mol. The van der Waals surface area contributed by atoms with Crippen LogP contribution in [0.25, 0.3) is 0 Å². The number of H-pyrrole nitrogens is 1. The van der Waals surface area contributed by atoms with E-state index in [0.29, 0.717) is 23.9 Å². The molecule has 0 fully saturated rings. The Labute approximate surface area is 103 Å². The van der Waals surface area contributed by atoms with Crippen molar-refractivity contribution in [3.8, 4) is 0 Å². The van der Waals surface area contributed by atoms with Gasteiger partial charge in [0.15, 0.2) is 0 Å². The number of sulfonamides is 1. The van der Waals surface area contributed by atoms with Gasteiger partial charge in [0.2, 0.25) is 10.0 Å². The van der Waals surface area contributed by atoms with Crippen LogP contribution in [0.3, 0.4) is 0 Å². The Hall–Kier alpha value is -0.850. The fourth-order valence-corrected chi connectivity index (χ4v) is 2.50. The van der Waals surface area contributed by atoms with Crippen molar-refractivity contribution in [3.63, 3.8) is 0 Å². The Balaban J connectivity index is 2.62. The number of hydrogen-bond acceptors (Lipinski definition) is 3. The average Bonchev–Trinajstić information content (AvgIpc) is 2.66. The van der Waals surface area contributed by atoms with Crippen LogP contribution in [-0.4, -0.2) is 27.0 Å². The van der Waals surface area contributed by atoms with E-state index in [2.05, 4.69) is 28.9 Å². The fraction of sp³-hybridized carbons (Fsp3) is 0.636. The van der Waals surface area contributed by atoms with E-state index in [0.717, 1.165) is 12.1 Å². The quantitative estimate of drug-likeness (QED) is 0.685. The standard InChI is InChI=1S/C11H21N3O2S/c1-9(2)4-5-14-17(15,16)11-6-10(7-12-3)13-8-11/h6,8-9,12-14H,4-5,7H2,1-3H3. The molecule has 1 aromatic rings. The van der Waals surface area contributed by atoms with Gasteiger partial charge in [-0.05, 0) is 25.5 Å². The summed E-state index contributed by atoms with van der Waals surface area (Å²) < 4.78 is 26.4. The third-order valence-corrected chi connectivity index (χ3v) is 3.85. The Morgan fingerprint density at radius 1 is 1.41 bits per heavy atom. The van der Waals surface area contributed by atoms with E-state index in [1.807, 2.05) is 7.05 Å². The summed E-state index contributed by atoms with van der Waals surface area (Å²) in [5.74, 6) is 0.490. The highest BCUT2D eigenvalue weighted by molar-refractivity contribution is 7.89. The van der Waals surface area contributed by atoms with Gasteiger partial charge in [-0.2, -0.15) is 0 Å². The second-order valence-corrected chi connectivity index (χ2v) is 6.24. The van der Waals surface area contributed by atoms with Crippen LogP contribution in [0.2, 0.25) is 0 Å². The van der Waals surface area contributed by atoms with Gasteiger partial charge in [0.05, 0.1) is 4.90 Å². The molecule has 1 heterocycles. The normalized spacial score (nSPS) is 12.2. The molecule has 98 valence electrons. The molecule has 0 aliphatic heterocycles. The van der Waals surface area contributed by atoms with Crippen molar-refractivity contribution in [2.24, 2.45) is 5.92 Å². The van der Waals surface area contributed by atoms with Crippen LogP contribution in [0.5, 0.6) is 0 Å². The molecule has 0 radical (unpaired) electrons. The maximum Gasteiger partial charge on any atom is 0.242 e. The first-order valence-electron chi connectivity index (χ1n) is 5.77. The van der Waals surface area contributed by atoms with E-state index in [4.69, 9.17) is 0 Å². The summed E-state index contributed by atoms with van der Waals surface area (Å²) in [4.78, 5) is 3.23. The molecule has 5 nitrogen and oxygen atoms in total. The Morgan fingerprint density at radius 2 is 2.12 bits per heavy atom. The maximum atomic E-state index is 11.9. The van der Waals surface area contributed by atoms with Gasteiger partial charge in [0, 0.05) is 25.0 Å². The zero-order valence-corrected chi connectivity index (χ0v) is 11.4. The van der Waals surface area contributed by atoms with E-state index < -0.39 is 10.0 Å². The second-order valence-electron chi connectivity index (χ2n) is 4.47. The molecule has 3 N–H and O–H groups in total. The molecular formula is C11H21N3O2S. The summed E-state index contributed by atoms with van der Waals surface area (Å²) in [5, 5.41) is 2.96. The molecule has 0 unspecified atom stereocenters. The minimum absolute atomic E-state index is 0.298. The molecule has 0 spiro atoms. The zero-order valence-electron chi connectivity index (χ0n) is 10.6. The van der Waals surface area contributed by atoms with E-state index in [9.17, 15) is 8.42 Å². The summed E-state index contributed by atoms with van der Waals surface area (Å²) in [7, 11) is -1.55. The molecule has 1 aromatic heterocycles. The van der Waals surface area contributed by atoms with E-state index >= 15 is 0 Å². The van der Waals surface area contributed by atoms with Gasteiger partial charge < -0.3 is 10.3 Å². The fourth-order valence-electron chi connectivity index (χ4n) is 1.43. The van der Waals surface area contributed by atoms with Crippen molar-refractivity contribution in [1.29, 1.82) is 0 Å². The van der Waals surface area contributed by atoms with E-state index in [1.54, 1.807) is 6.07 Å². The Kier molecular flexibility index (Phi) is 5.17. The number of aromatic amines is 1. The molecule has 0 saturated heterocycles. The van der Waals surface area contributed by atoms with Gasteiger partial charge in [0.25, 0.3) is 0 Å². The summed E-state index contributed by atoms with van der Waals surface area (Å²) in [6.07, 6.45) is 2.36. The minimum Gasteiger partial charge on any atom is -0.363 e. The molecule has 0 aliphatic rings. The van der Waals surface area contributed by atoms with E-state index in [-0.39, 0.29) is 0 Å². The number of rotatable bonds is 7. The molecule has 0 bridgehead atoms. The van der Waals surface area contributed by atoms with Gasteiger partial charge in [-0.15, -0.1) is 0 Å². The number of aromatic nitrogens is 1. The lowest BCUT2D eigenvalue weighted by molar-refractivity contribution is 0.551. The first kappa shape index (κ1) is 14.2. The summed E-state index contributed by atoms with van der Waals surface area (Å²) in [6, 6.07) is 1.65. The van der Waals surface area contributed by atoms with Crippen LogP contribution in [0, 0.1) is 5.92 Å². The predicted octanol–water partition coefficient (Wildman–Crippen LogP) is 1.06. The second kappa shape index (κ2) is 6.18. The molecule has 6 heteroatoms. The van der Waals surface area contributed by atoms with Crippen LogP contribution in [-0.2, 0) is 16.6 Å². The predicted molar refractivity (Wildman–Crippen MR) is 68.2 cm³/mol. The minimum atomic E-state index is -3.36. The van der Waals surface area contributed by atoms with Crippen LogP contribution >= 0.6 is 0 Å². The van der Waals surface area contributed by atoms with Gasteiger partial charge in [-0.3, -0.25) is 0 Å². The zero-order chi connectivity index (χ0) is 12.9. The number of nitrogens with one attached hydrogen (secondary N) is 3. The molecule has 0 amide bonds. The van der Waals surface area contributed by atoms with Crippen LogP contribution < -0.4 is 10.0 Å². The largest absolute Gasteiger partial charge is 0.363 e. The lowest BCUT2D eigenvalue weighted by Gasteiger charge is -2.06. The van der Waals surface area contributed by atoms with Crippen LogP contribution in [0.4, 0.5) is 0 Å². The monoisotopic (exact) mass is 259 g/mol. The smallest absolute Gasteiger partial charge is 0.242 e. The van der Waals surface area contributed by atoms with Crippen LogP contribution in [0.1, 0.15) is 26.0 Å². The molecule has 1 rings (SSSR count). The SMILES string of the molecule is CNCc1cc(S(=O)(=O)NCCC(C)C)c[nH]1. The summed E-state index contributed by atoms with van der Waals surface area (Å²) in [6.45, 7) is 5.24. The highest BCUT2D eigenvalue weighted by Crippen LogP contribution is 2.10. The topological polar surface area (TPSA) is 74.0 Å². The average molecular weight is 259 g/mol. The Morgan fingerprint density at radius 3 is 2.71 bits per heavy atom. The molecule has 0 saturated carbocycles. The molecule has 0 atom stereocenters. The highest BCUT2D eigenvalue weighted by Gasteiger charge is 2.15. The summed E-state index contributed by atoms with van der Waals surface area (Å²) >= 11 is 0. The number of hydrogen-bond donors (Lipinski definition) is 3. The first-order chi connectivity index (χ1) is 7.95. The molecule has 0 aromatic carbocycles. The Bertz CT molecular complexity index is 437. The highest BCUT2D eigenvalue weighted by atomic mass is 32.2. The van der Waals surface area contributed by atoms with Crippen molar-refractivity contribution < 1.29 is 8.42 Å². The van der Waals surface area contributed by atoms with Gasteiger partial charge in [-0.25, -0.2) is 13.1 Å². The lowest BCUT2D eigenvalue weighted by atomic mass is 10.1. The van der Waals surface area contributed by atoms with Crippen molar-refractivity contribution >= 4 is 10.0 Å². The van der Waals surface area contributed by atoms with Crippen molar-refractivity contribution in [2.45, 2.75) is 31.7 Å². The third-order valence-electron chi connectivity index (χ3n) is 2.41. The molecule has 0 aliphatic carbocycles. The van der Waals surface area contributed by atoms with Crippen molar-refractivity contribution in [1.82, 2.24) is 15.0 Å². The van der Waals surface area contributed by atoms with Crippen molar-refractivity contribution in [2.75, 3.05) is 13.6 Å². The van der Waals surface area contributed by atoms with Gasteiger partial charge in [0.1, 0.15) is 0 Å². The van der Waals surface area contributed by atoms with Crippen LogP contribution in [0.15, 0.2) is 17.2 Å². The van der Waals surface area contributed by atoms with E-state index in [1.165, 1.54) is 6.20 Å². The summed E-state index contributed by atoms with van der Waals surface area (Å²) in [5.41, 5.74) is 0.858. The third kappa shape index (κ3) is 4.49. The van der Waals surface area contributed by atoms with Crippen molar-refractivity contribution in [3.05, 3.63) is 18.0 Å². The molecule has 17 heavy (non-hydrogen) atoms.